The van der Waals surface area contributed by atoms with E-state index in [9.17, 15) is 4.79 Å². The monoisotopic (exact) mass is 467 g/mol. The molecule has 0 saturated heterocycles. The molecule has 0 spiro atoms. The number of benzene rings is 3. The summed E-state index contributed by atoms with van der Waals surface area (Å²) in [5.74, 6) is 2.07. The fourth-order valence-corrected chi connectivity index (χ4v) is 3.66. The number of aromatic nitrogens is 3. The summed E-state index contributed by atoms with van der Waals surface area (Å²) in [7, 11) is 0. The number of carbonyl (C=O) groups excluding carboxylic acids is 1. The maximum Gasteiger partial charge on any atom is 0.308 e. The second kappa shape index (κ2) is 11.9. The predicted octanol–water partition coefficient (Wildman–Crippen LogP) is 6.76. The van der Waals surface area contributed by atoms with E-state index in [1.807, 2.05) is 72.8 Å². The van der Waals surface area contributed by atoms with Crippen LogP contribution >= 0.6 is 0 Å². The molecule has 0 bridgehead atoms. The maximum atomic E-state index is 11.9. The topological polar surface area (TPSA) is 74.2 Å². The molecule has 0 atom stereocenters. The molecule has 0 aliphatic rings. The average molecular weight is 468 g/mol. The number of unbranched alkanes of at least 4 members (excludes halogenated alkanes) is 3. The van der Waals surface area contributed by atoms with E-state index in [-0.39, 0.29) is 0 Å². The lowest BCUT2D eigenvalue weighted by atomic mass is 10.1. The Labute approximate surface area is 206 Å². The number of hydrogen-bond acceptors (Lipinski definition) is 6. The average Bonchev–Trinajstić information content (AvgIpc) is 2.89. The molecule has 0 radical (unpaired) electrons. The van der Waals surface area contributed by atoms with Crippen molar-refractivity contribution in [1.29, 1.82) is 0 Å². The quantitative estimate of drug-likeness (QED) is 0.146. The van der Waals surface area contributed by atoms with Crippen LogP contribution in [0.15, 0.2) is 78.9 Å². The van der Waals surface area contributed by atoms with Crippen molar-refractivity contribution in [3.8, 4) is 45.7 Å². The molecule has 0 N–H and O–H groups in total. The SMILES string of the molecule is CCCCCCOc1ccc(-c2nc(-c3ccccc3)nc(-c3ccccc3)n2)c(OC(C)=O)c1. The molecule has 35 heavy (non-hydrogen) atoms. The van der Waals surface area contributed by atoms with E-state index < -0.39 is 5.97 Å². The largest absolute Gasteiger partial charge is 0.493 e. The Bertz CT molecular complexity index is 1200. The first-order valence-electron chi connectivity index (χ1n) is 12.0. The Morgan fingerprint density at radius 3 is 1.91 bits per heavy atom. The molecule has 178 valence electrons. The summed E-state index contributed by atoms with van der Waals surface area (Å²) in [6, 6.07) is 24.9. The minimum atomic E-state index is -0.424. The van der Waals surface area contributed by atoms with Crippen LogP contribution in [0.2, 0.25) is 0 Å². The van der Waals surface area contributed by atoms with Gasteiger partial charge in [-0.1, -0.05) is 86.8 Å². The first-order valence-corrected chi connectivity index (χ1v) is 12.0. The highest BCUT2D eigenvalue weighted by Crippen LogP contribution is 2.34. The fourth-order valence-electron chi connectivity index (χ4n) is 3.66. The Hall–Kier alpha value is -4.06. The number of ether oxygens (including phenoxy) is 2. The second-order valence-corrected chi connectivity index (χ2v) is 8.20. The van der Waals surface area contributed by atoms with Gasteiger partial charge >= 0.3 is 5.97 Å². The molecule has 6 heteroatoms. The van der Waals surface area contributed by atoms with Crippen LogP contribution in [0.4, 0.5) is 0 Å². The number of carbonyl (C=O) groups is 1. The molecule has 6 nitrogen and oxygen atoms in total. The predicted molar refractivity (Wildman–Crippen MR) is 137 cm³/mol. The summed E-state index contributed by atoms with van der Waals surface area (Å²) in [6.45, 7) is 4.17. The Morgan fingerprint density at radius 1 is 0.743 bits per heavy atom. The summed E-state index contributed by atoms with van der Waals surface area (Å²) in [5.41, 5.74) is 2.33. The van der Waals surface area contributed by atoms with Crippen LogP contribution in [0.1, 0.15) is 39.5 Å². The van der Waals surface area contributed by atoms with Crippen LogP contribution in [0.5, 0.6) is 11.5 Å². The third-order valence-electron chi connectivity index (χ3n) is 5.41. The highest BCUT2D eigenvalue weighted by atomic mass is 16.5. The van der Waals surface area contributed by atoms with Crippen molar-refractivity contribution < 1.29 is 14.3 Å². The molecule has 0 saturated carbocycles. The van der Waals surface area contributed by atoms with Gasteiger partial charge < -0.3 is 9.47 Å². The van der Waals surface area contributed by atoms with Crippen molar-refractivity contribution in [2.24, 2.45) is 0 Å². The molecular weight excluding hydrogens is 438 g/mol. The zero-order chi connectivity index (χ0) is 24.5. The van der Waals surface area contributed by atoms with Crippen LogP contribution in [0.3, 0.4) is 0 Å². The van der Waals surface area contributed by atoms with Gasteiger partial charge in [-0.25, -0.2) is 15.0 Å². The summed E-state index contributed by atoms with van der Waals surface area (Å²) < 4.78 is 11.5. The summed E-state index contributed by atoms with van der Waals surface area (Å²) in [5, 5.41) is 0. The molecule has 0 aliphatic heterocycles. The first-order chi connectivity index (χ1) is 17.1. The van der Waals surface area contributed by atoms with Gasteiger partial charge in [0.25, 0.3) is 0 Å². The van der Waals surface area contributed by atoms with Crippen molar-refractivity contribution in [2.75, 3.05) is 6.61 Å². The van der Waals surface area contributed by atoms with Crippen molar-refractivity contribution in [3.05, 3.63) is 78.9 Å². The highest BCUT2D eigenvalue weighted by Gasteiger charge is 2.17. The summed E-state index contributed by atoms with van der Waals surface area (Å²) >= 11 is 0. The van der Waals surface area contributed by atoms with Crippen molar-refractivity contribution >= 4 is 5.97 Å². The van der Waals surface area contributed by atoms with Crippen LogP contribution < -0.4 is 9.47 Å². The smallest absolute Gasteiger partial charge is 0.308 e. The van der Waals surface area contributed by atoms with Gasteiger partial charge in [0.05, 0.1) is 12.2 Å². The number of rotatable bonds is 10. The molecule has 0 aliphatic carbocycles. The zero-order valence-corrected chi connectivity index (χ0v) is 20.1. The van der Waals surface area contributed by atoms with E-state index in [0.29, 0.717) is 41.1 Å². The second-order valence-electron chi connectivity index (χ2n) is 8.20. The van der Waals surface area contributed by atoms with Gasteiger partial charge in [-0.05, 0) is 18.6 Å². The number of nitrogens with zero attached hydrogens (tertiary/aromatic N) is 3. The van der Waals surface area contributed by atoms with E-state index >= 15 is 0 Å². The van der Waals surface area contributed by atoms with E-state index in [1.165, 1.54) is 19.8 Å². The minimum absolute atomic E-state index is 0.354. The molecular formula is C29H29N3O3. The van der Waals surface area contributed by atoms with Crippen LogP contribution in [-0.2, 0) is 4.79 Å². The van der Waals surface area contributed by atoms with Gasteiger partial charge in [-0.15, -0.1) is 0 Å². The third kappa shape index (κ3) is 6.51. The highest BCUT2D eigenvalue weighted by molar-refractivity contribution is 5.76. The Kier molecular flexibility index (Phi) is 8.17. The number of esters is 1. The standard InChI is InChI=1S/C29H29N3O3/c1-3-4-5-12-19-34-24-17-18-25(26(20-24)35-21(2)33)29-31-27(22-13-8-6-9-14-22)30-28(32-29)23-15-10-7-11-16-23/h6-11,13-18,20H,3-5,12,19H2,1-2H3. The molecule has 4 rings (SSSR count). The van der Waals surface area contributed by atoms with Crippen LogP contribution in [-0.4, -0.2) is 27.5 Å². The minimum Gasteiger partial charge on any atom is -0.493 e. The van der Waals surface area contributed by atoms with E-state index in [1.54, 1.807) is 6.07 Å². The van der Waals surface area contributed by atoms with Gasteiger partial charge in [-0.2, -0.15) is 0 Å². The summed E-state index contributed by atoms with van der Waals surface area (Å²) in [4.78, 5) is 26.1. The summed E-state index contributed by atoms with van der Waals surface area (Å²) in [6.07, 6.45) is 4.47. The van der Waals surface area contributed by atoms with Crippen molar-refractivity contribution in [2.45, 2.75) is 39.5 Å². The number of hydrogen-bond donors (Lipinski definition) is 0. The van der Waals surface area contributed by atoms with E-state index in [4.69, 9.17) is 24.4 Å². The molecule has 4 aromatic rings. The van der Waals surface area contributed by atoms with Crippen LogP contribution in [0, 0.1) is 0 Å². The lowest BCUT2D eigenvalue weighted by Crippen LogP contribution is -2.06. The zero-order valence-electron chi connectivity index (χ0n) is 20.1. The van der Waals surface area contributed by atoms with Gasteiger partial charge in [-0.3, -0.25) is 4.79 Å². The van der Waals surface area contributed by atoms with E-state index in [0.717, 1.165) is 24.0 Å². The van der Waals surface area contributed by atoms with Crippen molar-refractivity contribution in [1.82, 2.24) is 15.0 Å². The molecule has 0 unspecified atom stereocenters. The molecule has 1 aromatic heterocycles. The fraction of sp³-hybridized carbons (Fsp3) is 0.241. The van der Waals surface area contributed by atoms with E-state index in [2.05, 4.69) is 6.92 Å². The van der Waals surface area contributed by atoms with Gasteiger partial charge in [0, 0.05) is 24.1 Å². The van der Waals surface area contributed by atoms with Gasteiger partial charge in [0.1, 0.15) is 11.5 Å². The Balaban J connectivity index is 1.74. The molecule has 3 aromatic carbocycles. The maximum absolute atomic E-state index is 11.9. The third-order valence-corrected chi connectivity index (χ3v) is 5.41. The molecule has 0 amide bonds. The molecule has 0 fully saturated rings. The van der Waals surface area contributed by atoms with Crippen LogP contribution in [0.25, 0.3) is 34.2 Å². The van der Waals surface area contributed by atoms with Gasteiger partial charge in [0.15, 0.2) is 17.5 Å². The Morgan fingerprint density at radius 2 is 1.34 bits per heavy atom. The normalized spacial score (nSPS) is 10.7. The first kappa shape index (κ1) is 24.1. The van der Waals surface area contributed by atoms with Crippen molar-refractivity contribution in [3.63, 3.8) is 0 Å². The lowest BCUT2D eigenvalue weighted by Gasteiger charge is -2.13. The molecule has 1 heterocycles. The van der Waals surface area contributed by atoms with Gasteiger partial charge in [0.2, 0.25) is 0 Å². The lowest BCUT2D eigenvalue weighted by molar-refractivity contribution is -0.131.